The number of esters is 1. The van der Waals surface area contributed by atoms with Gasteiger partial charge in [-0.3, -0.25) is 14.6 Å². The Morgan fingerprint density at radius 3 is 2.47 bits per heavy atom. The number of nitrogens with zero attached hydrogens (tertiary/aromatic N) is 3. The Labute approximate surface area is 103 Å². The quantitative estimate of drug-likeness (QED) is 0.619. The molecule has 0 radical (unpaired) electrons. The van der Waals surface area contributed by atoms with Gasteiger partial charge < -0.3 is 9.64 Å². The van der Waals surface area contributed by atoms with Crippen molar-refractivity contribution in [1.82, 2.24) is 14.7 Å². The average Bonchev–Trinajstić information content (AvgIpc) is 2.25. The summed E-state index contributed by atoms with van der Waals surface area (Å²) in [5.74, 6) is -0.0932. The molecule has 2 fully saturated rings. The molecule has 0 aromatic rings. The van der Waals surface area contributed by atoms with Gasteiger partial charge in [-0.2, -0.15) is 0 Å². The van der Waals surface area contributed by atoms with Gasteiger partial charge in [-0.05, 0) is 14.0 Å². The first kappa shape index (κ1) is 12.8. The highest BCUT2D eigenvalue weighted by Gasteiger charge is 2.33. The molecule has 5 heteroatoms. The Bertz CT molecular complexity index is 258. The van der Waals surface area contributed by atoms with Gasteiger partial charge in [0.25, 0.3) is 0 Å². The van der Waals surface area contributed by atoms with E-state index < -0.39 is 0 Å². The summed E-state index contributed by atoms with van der Waals surface area (Å²) in [7, 11) is 2.17. The SMILES string of the molecule is CCOC(=O)CN1CC(N2CCN(C)CC2)C1. The average molecular weight is 241 g/mol. The van der Waals surface area contributed by atoms with Crippen LogP contribution < -0.4 is 0 Å². The van der Waals surface area contributed by atoms with Crippen LogP contribution in [0.4, 0.5) is 0 Å². The zero-order valence-corrected chi connectivity index (χ0v) is 10.9. The van der Waals surface area contributed by atoms with Crippen LogP contribution in [0, 0.1) is 0 Å². The summed E-state index contributed by atoms with van der Waals surface area (Å²) >= 11 is 0. The standard InChI is InChI=1S/C12H23N3O2/c1-3-17-12(16)10-14-8-11(9-14)15-6-4-13(2)5-7-15/h11H,3-10H2,1-2H3. The van der Waals surface area contributed by atoms with E-state index in [1.165, 1.54) is 0 Å². The summed E-state index contributed by atoms with van der Waals surface area (Å²) in [4.78, 5) is 18.4. The van der Waals surface area contributed by atoms with Gasteiger partial charge in [0.15, 0.2) is 0 Å². The third-order valence-corrected chi connectivity index (χ3v) is 3.65. The highest BCUT2D eigenvalue weighted by molar-refractivity contribution is 5.71. The van der Waals surface area contributed by atoms with Crippen molar-refractivity contribution in [1.29, 1.82) is 0 Å². The summed E-state index contributed by atoms with van der Waals surface area (Å²) in [6, 6.07) is 0.651. The molecule has 0 spiro atoms. The van der Waals surface area contributed by atoms with Gasteiger partial charge >= 0.3 is 5.97 Å². The number of hydrogen-bond donors (Lipinski definition) is 0. The first-order chi connectivity index (χ1) is 8.19. The molecule has 2 aliphatic rings. The lowest BCUT2D eigenvalue weighted by molar-refractivity contribution is -0.146. The second-order valence-corrected chi connectivity index (χ2v) is 4.99. The molecule has 2 heterocycles. The van der Waals surface area contributed by atoms with Crippen LogP contribution in [0.1, 0.15) is 6.92 Å². The first-order valence-corrected chi connectivity index (χ1v) is 6.49. The molecular formula is C12H23N3O2. The molecule has 98 valence electrons. The smallest absolute Gasteiger partial charge is 0.320 e. The van der Waals surface area contributed by atoms with E-state index in [1.54, 1.807) is 0 Å². The van der Waals surface area contributed by atoms with E-state index in [4.69, 9.17) is 4.74 Å². The van der Waals surface area contributed by atoms with Crippen molar-refractivity contribution >= 4 is 5.97 Å². The molecule has 0 bridgehead atoms. The lowest BCUT2D eigenvalue weighted by Gasteiger charge is -2.47. The molecule has 2 aliphatic heterocycles. The minimum absolute atomic E-state index is 0.0932. The van der Waals surface area contributed by atoms with E-state index in [0.717, 1.165) is 39.3 Å². The molecule has 17 heavy (non-hydrogen) atoms. The van der Waals surface area contributed by atoms with Crippen molar-refractivity contribution in [2.24, 2.45) is 0 Å². The van der Waals surface area contributed by atoms with Crippen molar-refractivity contribution in [3.8, 4) is 0 Å². The third kappa shape index (κ3) is 3.40. The topological polar surface area (TPSA) is 36.0 Å². The van der Waals surface area contributed by atoms with Gasteiger partial charge in [-0.25, -0.2) is 0 Å². The molecule has 0 amide bonds. The third-order valence-electron chi connectivity index (χ3n) is 3.65. The van der Waals surface area contributed by atoms with Crippen LogP contribution in [0.3, 0.4) is 0 Å². The molecule has 0 saturated carbocycles. The summed E-state index contributed by atoms with van der Waals surface area (Å²) in [5, 5.41) is 0. The van der Waals surface area contributed by atoms with Gasteiger partial charge in [0, 0.05) is 45.3 Å². The number of likely N-dealkylation sites (N-methyl/N-ethyl adjacent to an activating group) is 1. The molecule has 2 saturated heterocycles. The van der Waals surface area contributed by atoms with Crippen LogP contribution in [-0.2, 0) is 9.53 Å². The van der Waals surface area contributed by atoms with Gasteiger partial charge in [0.1, 0.15) is 0 Å². The molecule has 0 aromatic carbocycles. The fourth-order valence-electron chi connectivity index (χ4n) is 2.48. The van der Waals surface area contributed by atoms with Crippen LogP contribution in [0.2, 0.25) is 0 Å². The Morgan fingerprint density at radius 1 is 1.24 bits per heavy atom. The van der Waals surface area contributed by atoms with Crippen LogP contribution in [-0.4, -0.2) is 86.2 Å². The van der Waals surface area contributed by atoms with Gasteiger partial charge in [0.05, 0.1) is 13.2 Å². The highest BCUT2D eigenvalue weighted by atomic mass is 16.5. The molecular weight excluding hydrogens is 218 g/mol. The van der Waals surface area contributed by atoms with E-state index in [0.29, 0.717) is 19.2 Å². The summed E-state index contributed by atoms with van der Waals surface area (Å²) in [6.07, 6.45) is 0. The number of piperazine rings is 1. The summed E-state index contributed by atoms with van der Waals surface area (Å²) in [6.45, 7) is 9.46. The van der Waals surface area contributed by atoms with Crippen LogP contribution in [0.5, 0.6) is 0 Å². The fraction of sp³-hybridized carbons (Fsp3) is 0.917. The molecule has 0 unspecified atom stereocenters. The van der Waals surface area contributed by atoms with E-state index in [1.807, 2.05) is 6.92 Å². The number of rotatable bonds is 4. The predicted molar refractivity (Wildman–Crippen MR) is 65.9 cm³/mol. The van der Waals surface area contributed by atoms with Crippen LogP contribution in [0.15, 0.2) is 0 Å². The first-order valence-electron chi connectivity index (χ1n) is 6.49. The molecule has 0 N–H and O–H groups in total. The second kappa shape index (κ2) is 5.80. The molecule has 0 atom stereocenters. The zero-order chi connectivity index (χ0) is 12.3. The fourth-order valence-corrected chi connectivity index (χ4v) is 2.48. The molecule has 2 rings (SSSR count). The minimum Gasteiger partial charge on any atom is -0.465 e. The maximum atomic E-state index is 11.3. The largest absolute Gasteiger partial charge is 0.465 e. The van der Waals surface area contributed by atoms with Crippen molar-refractivity contribution in [3.05, 3.63) is 0 Å². The summed E-state index contributed by atoms with van der Waals surface area (Å²) < 4.78 is 4.94. The molecule has 0 aliphatic carbocycles. The number of carbonyl (C=O) groups excluding carboxylic acids is 1. The van der Waals surface area contributed by atoms with Gasteiger partial charge in [0.2, 0.25) is 0 Å². The van der Waals surface area contributed by atoms with Gasteiger partial charge in [-0.1, -0.05) is 0 Å². The normalized spacial score (nSPS) is 24.6. The lowest BCUT2D eigenvalue weighted by atomic mass is 10.1. The number of hydrogen-bond acceptors (Lipinski definition) is 5. The maximum absolute atomic E-state index is 11.3. The predicted octanol–water partition coefficient (Wildman–Crippen LogP) is -0.519. The lowest BCUT2D eigenvalue weighted by Crippen LogP contribution is -2.63. The van der Waals surface area contributed by atoms with Crippen molar-refractivity contribution in [2.75, 3.05) is 59.5 Å². The maximum Gasteiger partial charge on any atom is 0.320 e. The number of carbonyl (C=O) groups is 1. The van der Waals surface area contributed by atoms with E-state index in [-0.39, 0.29) is 5.97 Å². The summed E-state index contributed by atoms with van der Waals surface area (Å²) in [5.41, 5.74) is 0. The number of ether oxygens (including phenoxy) is 1. The van der Waals surface area contributed by atoms with E-state index >= 15 is 0 Å². The van der Waals surface area contributed by atoms with E-state index in [2.05, 4.69) is 21.7 Å². The Balaban J connectivity index is 1.63. The van der Waals surface area contributed by atoms with Crippen molar-refractivity contribution < 1.29 is 9.53 Å². The number of likely N-dealkylation sites (tertiary alicyclic amines) is 1. The van der Waals surface area contributed by atoms with Crippen LogP contribution >= 0.6 is 0 Å². The Morgan fingerprint density at radius 2 is 1.88 bits per heavy atom. The van der Waals surface area contributed by atoms with Crippen LogP contribution in [0.25, 0.3) is 0 Å². The Hall–Kier alpha value is -0.650. The van der Waals surface area contributed by atoms with Crippen molar-refractivity contribution in [2.45, 2.75) is 13.0 Å². The second-order valence-electron chi connectivity index (χ2n) is 4.99. The molecule has 0 aromatic heterocycles. The van der Waals surface area contributed by atoms with Crippen molar-refractivity contribution in [3.63, 3.8) is 0 Å². The highest BCUT2D eigenvalue weighted by Crippen LogP contribution is 2.16. The molecule has 5 nitrogen and oxygen atoms in total. The monoisotopic (exact) mass is 241 g/mol. The van der Waals surface area contributed by atoms with E-state index in [9.17, 15) is 4.79 Å². The minimum atomic E-state index is -0.0932. The Kier molecular flexibility index (Phi) is 4.36. The zero-order valence-electron chi connectivity index (χ0n) is 10.9. The van der Waals surface area contributed by atoms with Gasteiger partial charge in [-0.15, -0.1) is 0 Å².